The van der Waals surface area contributed by atoms with Crippen LogP contribution in [-0.2, 0) is 0 Å². The van der Waals surface area contributed by atoms with Gasteiger partial charge in [0.1, 0.15) is 0 Å². The molecule has 0 bridgehead atoms. The summed E-state index contributed by atoms with van der Waals surface area (Å²) in [6, 6.07) is 0.489. The fourth-order valence-corrected chi connectivity index (χ4v) is 4.40. The number of thioether (sulfide) groups is 1. The van der Waals surface area contributed by atoms with Crippen LogP contribution in [0.15, 0.2) is 0 Å². The zero-order valence-electron chi connectivity index (χ0n) is 10.3. The topological polar surface area (TPSA) is 41.1 Å². The number of carbonyl (C=O) groups excluding carboxylic acids is 1. The Balaban J connectivity index is 1.51. The van der Waals surface area contributed by atoms with Crippen LogP contribution in [0.25, 0.3) is 0 Å². The lowest BCUT2D eigenvalue weighted by molar-refractivity contribution is 0.0601. The van der Waals surface area contributed by atoms with Crippen molar-refractivity contribution in [2.75, 3.05) is 11.5 Å². The molecule has 17 heavy (non-hydrogen) atoms. The molecule has 96 valence electrons. The first-order chi connectivity index (χ1) is 8.28. The monoisotopic (exact) mass is 254 g/mol. The molecule has 0 aromatic heterocycles. The third-order valence-corrected chi connectivity index (χ3v) is 5.92. The van der Waals surface area contributed by atoms with Crippen molar-refractivity contribution in [2.45, 2.75) is 56.5 Å². The zero-order chi connectivity index (χ0) is 11.7. The smallest absolute Gasteiger partial charge is 0.315 e. The van der Waals surface area contributed by atoms with E-state index in [0.717, 1.165) is 18.1 Å². The maximum absolute atomic E-state index is 12.0. The summed E-state index contributed by atoms with van der Waals surface area (Å²) < 4.78 is 0. The van der Waals surface area contributed by atoms with Crippen LogP contribution in [0.2, 0.25) is 0 Å². The normalized spacial score (nSPS) is 31.4. The highest BCUT2D eigenvalue weighted by molar-refractivity contribution is 7.99. The molecule has 0 aromatic rings. The number of rotatable bonds is 3. The van der Waals surface area contributed by atoms with Crippen LogP contribution < -0.4 is 10.6 Å². The van der Waals surface area contributed by atoms with Crippen molar-refractivity contribution in [3.05, 3.63) is 0 Å². The molecule has 0 radical (unpaired) electrons. The summed E-state index contributed by atoms with van der Waals surface area (Å²) in [7, 11) is 0. The first-order valence-electron chi connectivity index (χ1n) is 6.95. The fraction of sp³-hybridized carbons (Fsp3) is 0.923. The molecule has 2 N–H and O–H groups in total. The Bertz CT molecular complexity index is 294. The number of carbonyl (C=O) groups is 1. The van der Waals surface area contributed by atoms with Crippen molar-refractivity contribution in [1.29, 1.82) is 0 Å². The SMILES string of the molecule is O=C(NC1CCSC1)NC1(C2CCC2)CCC1. The summed E-state index contributed by atoms with van der Waals surface area (Å²) in [5, 5.41) is 6.43. The predicted octanol–water partition coefficient (Wildman–Crippen LogP) is 2.51. The van der Waals surface area contributed by atoms with Gasteiger partial charge < -0.3 is 10.6 Å². The van der Waals surface area contributed by atoms with Crippen LogP contribution in [0.1, 0.15) is 44.9 Å². The Kier molecular flexibility index (Phi) is 3.24. The molecule has 1 unspecified atom stereocenters. The van der Waals surface area contributed by atoms with E-state index in [1.54, 1.807) is 0 Å². The highest BCUT2D eigenvalue weighted by Gasteiger charge is 2.47. The van der Waals surface area contributed by atoms with Gasteiger partial charge in [-0.3, -0.25) is 0 Å². The quantitative estimate of drug-likeness (QED) is 0.812. The standard InChI is InChI=1S/C13H22N2OS/c16-12(14-11-5-8-17-9-11)15-13(6-2-7-13)10-3-1-4-10/h10-11H,1-9H2,(H2,14,15,16). The van der Waals surface area contributed by atoms with Gasteiger partial charge in [0.05, 0.1) is 0 Å². The lowest BCUT2D eigenvalue weighted by Crippen LogP contribution is -2.62. The maximum atomic E-state index is 12.0. The molecule has 1 heterocycles. The molecule has 0 aromatic carbocycles. The number of hydrogen-bond donors (Lipinski definition) is 2. The van der Waals surface area contributed by atoms with E-state index in [9.17, 15) is 4.79 Å². The summed E-state index contributed by atoms with van der Waals surface area (Å²) in [4.78, 5) is 12.0. The molecule has 3 rings (SSSR count). The highest BCUT2D eigenvalue weighted by atomic mass is 32.2. The van der Waals surface area contributed by atoms with Gasteiger partial charge in [-0.25, -0.2) is 4.79 Å². The van der Waals surface area contributed by atoms with Crippen molar-refractivity contribution in [2.24, 2.45) is 5.92 Å². The Morgan fingerprint density at radius 1 is 1.18 bits per heavy atom. The molecule has 1 aliphatic heterocycles. The van der Waals surface area contributed by atoms with Crippen LogP contribution in [0, 0.1) is 5.92 Å². The van der Waals surface area contributed by atoms with E-state index in [2.05, 4.69) is 10.6 Å². The Labute approximate surface area is 107 Å². The van der Waals surface area contributed by atoms with Crippen LogP contribution in [0.4, 0.5) is 4.79 Å². The van der Waals surface area contributed by atoms with Gasteiger partial charge in [-0.15, -0.1) is 0 Å². The second-order valence-electron chi connectivity index (χ2n) is 5.80. The van der Waals surface area contributed by atoms with Gasteiger partial charge in [0.15, 0.2) is 0 Å². The fourth-order valence-electron chi connectivity index (χ4n) is 3.25. The third-order valence-electron chi connectivity index (χ3n) is 4.76. The molecular formula is C13H22N2OS. The summed E-state index contributed by atoms with van der Waals surface area (Å²) in [5.41, 5.74) is 0.175. The molecule has 0 spiro atoms. The first-order valence-corrected chi connectivity index (χ1v) is 8.10. The van der Waals surface area contributed by atoms with Crippen LogP contribution in [0.3, 0.4) is 0 Å². The van der Waals surface area contributed by atoms with E-state index >= 15 is 0 Å². The average Bonchev–Trinajstić information content (AvgIpc) is 2.63. The highest BCUT2D eigenvalue weighted by Crippen LogP contribution is 2.47. The van der Waals surface area contributed by atoms with Crippen molar-refractivity contribution in [3.63, 3.8) is 0 Å². The van der Waals surface area contributed by atoms with E-state index in [1.165, 1.54) is 44.3 Å². The van der Waals surface area contributed by atoms with Gasteiger partial charge in [-0.2, -0.15) is 11.8 Å². The van der Waals surface area contributed by atoms with Crippen molar-refractivity contribution < 1.29 is 4.79 Å². The number of hydrogen-bond acceptors (Lipinski definition) is 2. The largest absolute Gasteiger partial charge is 0.335 e. The van der Waals surface area contributed by atoms with Gasteiger partial charge in [0.25, 0.3) is 0 Å². The van der Waals surface area contributed by atoms with E-state index in [4.69, 9.17) is 0 Å². The van der Waals surface area contributed by atoms with Crippen molar-refractivity contribution >= 4 is 17.8 Å². The van der Waals surface area contributed by atoms with Gasteiger partial charge >= 0.3 is 6.03 Å². The third kappa shape index (κ3) is 2.28. The Morgan fingerprint density at radius 3 is 2.47 bits per heavy atom. The van der Waals surface area contributed by atoms with E-state index in [1.807, 2.05) is 11.8 Å². The molecule has 3 nitrogen and oxygen atoms in total. The number of urea groups is 1. The van der Waals surface area contributed by atoms with E-state index in [-0.39, 0.29) is 11.6 Å². The first kappa shape index (κ1) is 11.7. The molecular weight excluding hydrogens is 232 g/mol. The van der Waals surface area contributed by atoms with Crippen molar-refractivity contribution in [3.8, 4) is 0 Å². The lowest BCUT2D eigenvalue weighted by Gasteiger charge is -2.52. The second-order valence-corrected chi connectivity index (χ2v) is 6.95. The minimum atomic E-state index is 0.0871. The summed E-state index contributed by atoms with van der Waals surface area (Å²) in [6.45, 7) is 0. The summed E-state index contributed by atoms with van der Waals surface area (Å²) >= 11 is 1.94. The maximum Gasteiger partial charge on any atom is 0.315 e. The average molecular weight is 254 g/mol. The zero-order valence-corrected chi connectivity index (χ0v) is 11.2. The minimum Gasteiger partial charge on any atom is -0.335 e. The van der Waals surface area contributed by atoms with Crippen LogP contribution in [-0.4, -0.2) is 29.1 Å². The second kappa shape index (κ2) is 4.71. The molecule has 2 aliphatic carbocycles. The molecule has 3 fully saturated rings. The predicted molar refractivity (Wildman–Crippen MR) is 71.3 cm³/mol. The van der Waals surface area contributed by atoms with Gasteiger partial charge in [0.2, 0.25) is 0 Å². The number of nitrogens with one attached hydrogen (secondary N) is 2. The van der Waals surface area contributed by atoms with Crippen LogP contribution >= 0.6 is 11.8 Å². The molecule has 4 heteroatoms. The molecule has 1 saturated heterocycles. The minimum absolute atomic E-state index is 0.0871. The number of amides is 2. The van der Waals surface area contributed by atoms with Crippen molar-refractivity contribution in [1.82, 2.24) is 10.6 Å². The van der Waals surface area contributed by atoms with E-state index in [0.29, 0.717) is 6.04 Å². The Morgan fingerprint density at radius 2 is 2.00 bits per heavy atom. The summed E-state index contributed by atoms with van der Waals surface area (Å²) in [6.07, 6.45) is 8.81. The van der Waals surface area contributed by atoms with Gasteiger partial charge in [0, 0.05) is 17.3 Å². The van der Waals surface area contributed by atoms with Gasteiger partial charge in [-0.1, -0.05) is 6.42 Å². The molecule has 2 saturated carbocycles. The Hall–Kier alpha value is -0.380. The van der Waals surface area contributed by atoms with E-state index < -0.39 is 0 Å². The molecule has 1 atom stereocenters. The summed E-state index contributed by atoms with van der Waals surface area (Å²) in [5.74, 6) is 3.04. The van der Waals surface area contributed by atoms with Gasteiger partial charge in [-0.05, 0) is 50.2 Å². The molecule has 3 aliphatic rings. The lowest BCUT2D eigenvalue weighted by atomic mass is 9.61. The molecule has 2 amide bonds. The van der Waals surface area contributed by atoms with Crippen LogP contribution in [0.5, 0.6) is 0 Å².